The van der Waals surface area contributed by atoms with Crippen molar-refractivity contribution in [2.75, 3.05) is 34.4 Å². The lowest BCUT2D eigenvalue weighted by Crippen LogP contribution is -2.41. The highest BCUT2D eigenvalue weighted by Crippen LogP contribution is 2.36. The van der Waals surface area contributed by atoms with Gasteiger partial charge in [-0.05, 0) is 61.8 Å². The van der Waals surface area contributed by atoms with Gasteiger partial charge in [0.2, 0.25) is 0 Å². The molecule has 1 fully saturated rings. The zero-order valence-corrected chi connectivity index (χ0v) is 29.9. The van der Waals surface area contributed by atoms with Gasteiger partial charge in [-0.1, -0.05) is 66.0 Å². The Labute approximate surface area is 300 Å². The minimum absolute atomic E-state index is 0. The summed E-state index contributed by atoms with van der Waals surface area (Å²) in [6.07, 6.45) is 6.06. The van der Waals surface area contributed by atoms with E-state index in [1.54, 1.807) is 44.8 Å². The number of likely N-dealkylation sites (N-methyl/N-ethyl adjacent to an activating group) is 1. The lowest BCUT2D eigenvalue weighted by molar-refractivity contribution is -0.377. The van der Waals surface area contributed by atoms with Gasteiger partial charge in [-0.25, -0.2) is 14.6 Å². The summed E-state index contributed by atoms with van der Waals surface area (Å²) in [5, 5.41) is 4.19. The number of nitrogens with zero attached hydrogens (tertiary/aromatic N) is 1. The number of piperidine rings is 1. The number of hydrogen-bond acceptors (Lipinski definition) is 10. The molecule has 4 aromatic rings. The average molecular weight is 731 g/mol. The summed E-state index contributed by atoms with van der Waals surface area (Å²) >= 11 is 14.2. The maximum absolute atomic E-state index is 13.6. The van der Waals surface area contributed by atoms with Crippen LogP contribution >= 0.6 is 34.5 Å². The Kier molecular flexibility index (Phi) is 14.3. The molecule has 0 spiro atoms. The Morgan fingerprint density at radius 3 is 2.41 bits per heavy atom. The number of rotatable bonds is 14. The van der Waals surface area contributed by atoms with E-state index in [2.05, 4.69) is 22.2 Å². The van der Waals surface area contributed by atoms with E-state index in [1.165, 1.54) is 11.3 Å². The summed E-state index contributed by atoms with van der Waals surface area (Å²) in [4.78, 5) is 33.4. The third-order valence-electron chi connectivity index (χ3n) is 8.47. The number of ether oxygens (including phenoxy) is 4. The lowest BCUT2D eigenvalue weighted by atomic mass is 10.0. The number of thiophene rings is 1. The molecule has 3 atom stereocenters. The van der Waals surface area contributed by atoms with Crippen molar-refractivity contribution in [2.45, 2.75) is 50.4 Å². The molecule has 5 rings (SSSR count). The molecule has 1 unspecified atom stereocenters. The van der Waals surface area contributed by atoms with E-state index in [9.17, 15) is 9.59 Å². The van der Waals surface area contributed by atoms with Crippen molar-refractivity contribution < 1.29 is 39.0 Å². The van der Waals surface area contributed by atoms with Crippen LogP contribution in [0.25, 0.3) is 0 Å². The normalized spacial score (nSPS) is 15.8. The molecule has 0 amide bonds. The van der Waals surface area contributed by atoms with Gasteiger partial charge < -0.3 is 29.3 Å². The quantitative estimate of drug-likeness (QED) is 0.141. The average Bonchev–Trinajstić information content (AvgIpc) is 3.58. The van der Waals surface area contributed by atoms with E-state index in [-0.39, 0.29) is 23.9 Å². The van der Waals surface area contributed by atoms with E-state index < -0.39 is 18.1 Å². The lowest BCUT2D eigenvalue weighted by Gasteiger charge is -2.32. The predicted molar refractivity (Wildman–Crippen MR) is 188 cm³/mol. The fraction of sp³-hybridized carbons (Fsp3) is 0.361. The number of pyridine rings is 1. The van der Waals surface area contributed by atoms with Crippen LogP contribution < -0.4 is 19.8 Å². The molecule has 0 aliphatic carbocycles. The monoisotopic (exact) mass is 729 g/mol. The van der Waals surface area contributed by atoms with Crippen LogP contribution in [0.5, 0.6) is 11.5 Å². The molecule has 3 heterocycles. The fourth-order valence-electron chi connectivity index (χ4n) is 5.71. The summed E-state index contributed by atoms with van der Waals surface area (Å²) in [7, 11) is 5.17. The minimum Gasteiger partial charge on any atom is -0.870 e. The molecule has 1 saturated heterocycles. The summed E-state index contributed by atoms with van der Waals surface area (Å²) in [6, 6.07) is 18.0. The van der Waals surface area contributed by atoms with Crippen LogP contribution in [0.4, 0.5) is 0 Å². The third kappa shape index (κ3) is 9.94. The topological polar surface area (TPSA) is 130 Å². The van der Waals surface area contributed by atoms with Crippen LogP contribution in [0.3, 0.4) is 0 Å². The first kappa shape index (κ1) is 38.1. The van der Waals surface area contributed by atoms with Gasteiger partial charge in [0.1, 0.15) is 33.7 Å². The standard InChI is InChI=1S/C36H39Cl2N3O6S.H2O/c1-41-16-8-7-11-25(41)22-46-36(43)34(23-9-5-4-6-10-23)40-19-26-13-15-33(48-26)35(42)47-31(18-27-28(37)20-39-21-29(27)38)24-12-14-30(44-2)32(17-24)45-3;/h4-6,9-10,12-15,17,20-21,25,31,34,40H,7-8,11,16,18-19,22H2,1-3H3;1H2/t25-,31+,34?;/m1./s1. The Balaban J connectivity index is 0.00000541. The third-order valence-corrected chi connectivity index (χ3v) is 10.2. The number of benzene rings is 2. The zero-order chi connectivity index (χ0) is 34.0. The number of H-pyrrole nitrogens is 1. The number of aromatic amines is 1. The number of hydrogen-bond donors (Lipinski definition) is 1. The van der Waals surface area contributed by atoms with Crippen molar-refractivity contribution in [3.05, 3.63) is 110 Å². The van der Waals surface area contributed by atoms with Crippen molar-refractivity contribution in [1.29, 1.82) is 0 Å². The van der Waals surface area contributed by atoms with Gasteiger partial charge in [0.15, 0.2) is 23.9 Å². The number of nitrogens with one attached hydrogen (secondary N) is 2. The molecule has 3 N–H and O–H groups in total. The number of likely N-dealkylation sites (tertiary alicyclic amines) is 1. The second-order valence-electron chi connectivity index (χ2n) is 11.6. The Bertz CT molecular complexity index is 1670. The van der Waals surface area contributed by atoms with Crippen LogP contribution in [0.15, 0.2) is 73.1 Å². The maximum atomic E-state index is 13.6. The van der Waals surface area contributed by atoms with Gasteiger partial charge in [0.25, 0.3) is 0 Å². The van der Waals surface area contributed by atoms with E-state index in [0.717, 1.165) is 36.2 Å². The largest absolute Gasteiger partial charge is 0.870 e. The van der Waals surface area contributed by atoms with Crippen LogP contribution in [-0.2, 0) is 27.2 Å². The van der Waals surface area contributed by atoms with Gasteiger partial charge in [-0.15, -0.1) is 11.3 Å². The Morgan fingerprint density at radius 1 is 0.980 bits per heavy atom. The van der Waals surface area contributed by atoms with Crippen LogP contribution in [0.1, 0.15) is 62.6 Å². The number of halogens is 2. The van der Waals surface area contributed by atoms with Gasteiger partial charge >= 0.3 is 11.9 Å². The van der Waals surface area contributed by atoms with Gasteiger partial charge in [0, 0.05) is 29.4 Å². The first-order chi connectivity index (χ1) is 23.3. The van der Waals surface area contributed by atoms with Crippen LogP contribution in [0.2, 0.25) is 10.0 Å². The van der Waals surface area contributed by atoms with Gasteiger partial charge in [-0.3, -0.25) is 5.32 Å². The van der Waals surface area contributed by atoms with Crippen molar-refractivity contribution in [3.63, 3.8) is 0 Å². The summed E-state index contributed by atoms with van der Waals surface area (Å²) in [5.41, 5.74) is 2.13. The van der Waals surface area contributed by atoms with E-state index in [1.807, 2.05) is 42.5 Å². The summed E-state index contributed by atoms with van der Waals surface area (Å²) < 4.78 is 22.8. The molecule has 10 nitrogen and oxygen atoms in total. The highest BCUT2D eigenvalue weighted by molar-refractivity contribution is 7.13. The first-order valence-electron chi connectivity index (χ1n) is 15.8. The Morgan fingerprint density at radius 2 is 1.71 bits per heavy atom. The molecule has 1 aliphatic rings. The maximum Gasteiger partial charge on any atom is 0.348 e. The number of methoxy groups -OCH3 is 2. The molecule has 1 aliphatic heterocycles. The van der Waals surface area contributed by atoms with Crippen LogP contribution in [-0.4, -0.2) is 62.8 Å². The SMILES string of the molecule is COc1ccc([C@H](Cc2c(Cl)c[nH+]cc2Cl)OC(=O)c2ccc(CNC(C(=O)OC[C@H]3CCCCN3C)c3ccccc3)s2)cc1OC.[OH-]. The van der Waals surface area contributed by atoms with Crippen molar-refractivity contribution in [3.8, 4) is 11.5 Å². The molecule has 0 radical (unpaired) electrons. The Hall–Kier alpha value is -3.71. The van der Waals surface area contributed by atoms with Crippen LogP contribution in [0, 0.1) is 0 Å². The number of aromatic nitrogens is 1. The molecular formula is C36H41Cl2N3O7S. The predicted octanol–water partition coefficient (Wildman–Crippen LogP) is 6.71. The van der Waals surface area contributed by atoms with E-state index >= 15 is 0 Å². The highest BCUT2D eigenvalue weighted by Gasteiger charge is 2.27. The molecule has 2 aromatic heterocycles. The molecule has 0 bridgehead atoms. The van der Waals surface area contributed by atoms with E-state index in [0.29, 0.717) is 50.7 Å². The molecule has 2 aromatic carbocycles. The second kappa shape index (κ2) is 18.3. The van der Waals surface area contributed by atoms with Gasteiger partial charge in [-0.2, -0.15) is 0 Å². The number of esters is 2. The summed E-state index contributed by atoms with van der Waals surface area (Å²) in [6.45, 7) is 1.71. The highest BCUT2D eigenvalue weighted by atomic mass is 35.5. The zero-order valence-electron chi connectivity index (χ0n) is 27.6. The summed E-state index contributed by atoms with van der Waals surface area (Å²) in [5.74, 6) is 0.212. The minimum atomic E-state index is -0.737. The van der Waals surface area contributed by atoms with Crippen molar-refractivity contribution in [2.24, 2.45) is 0 Å². The molecule has 0 saturated carbocycles. The number of carbonyl (C=O) groups excluding carboxylic acids is 2. The first-order valence-corrected chi connectivity index (χ1v) is 17.4. The fourth-order valence-corrected chi connectivity index (χ4v) is 7.08. The molecule has 49 heavy (non-hydrogen) atoms. The second-order valence-corrected chi connectivity index (χ2v) is 13.6. The van der Waals surface area contributed by atoms with Crippen molar-refractivity contribution >= 4 is 46.5 Å². The molecular weight excluding hydrogens is 689 g/mol. The number of carbonyl (C=O) groups is 2. The smallest absolute Gasteiger partial charge is 0.348 e. The van der Waals surface area contributed by atoms with Gasteiger partial charge in [0.05, 0.1) is 14.2 Å². The van der Waals surface area contributed by atoms with E-state index in [4.69, 9.17) is 42.1 Å². The molecule has 13 heteroatoms. The molecule has 262 valence electrons. The van der Waals surface area contributed by atoms with Crippen molar-refractivity contribution in [1.82, 2.24) is 10.2 Å².